The molecule has 0 bridgehead atoms. The van der Waals surface area contributed by atoms with Crippen LogP contribution in [0, 0.1) is 0 Å². The third kappa shape index (κ3) is 3.84. The van der Waals surface area contributed by atoms with E-state index in [9.17, 15) is 18.0 Å². The Bertz CT molecular complexity index is 965. The highest BCUT2D eigenvalue weighted by Crippen LogP contribution is 2.42. The molecule has 0 unspecified atom stereocenters. The Kier molecular flexibility index (Phi) is 4.92. The maximum absolute atomic E-state index is 13.4. The standard InChI is InChI=1S/C22H22F3NO4/c1-20(2)29-17-7-6-16(13-18(17)30-20)26-19(27)21(8-10-28-11-9-21)14-4-3-5-15(12-14)22(23,24)25/h3-7,12-13H,8-11H2,1-2H3,(H,26,27). The van der Waals surface area contributed by atoms with Crippen molar-refractivity contribution in [3.8, 4) is 11.5 Å². The molecule has 0 spiro atoms. The van der Waals surface area contributed by atoms with E-state index in [1.165, 1.54) is 6.07 Å². The second-order valence-electron chi connectivity index (χ2n) is 7.99. The van der Waals surface area contributed by atoms with Gasteiger partial charge in [0.25, 0.3) is 0 Å². The summed E-state index contributed by atoms with van der Waals surface area (Å²) in [5, 5.41) is 2.85. The van der Waals surface area contributed by atoms with Crippen molar-refractivity contribution < 1.29 is 32.2 Å². The van der Waals surface area contributed by atoms with Gasteiger partial charge in [-0.25, -0.2) is 0 Å². The average molecular weight is 421 g/mol. The number of benzene rings is 2. The van der Waals surface area contributed by atoms with E-state index in [0.29, 0.717) is 36.0 Å². The topological polar surface area (TPSA) is 56.8 Å². The number of hydrogen-bond acceptors (Lipinski definition) is 4. The van der Waals surface area contributed by atoms with Crippen LogP contribution < -0.4 is 14.8 Å². The molecule has 2 aromatic rings. The van der Waals surface area contributed by atoms with Crippen LogP contribution in [-0.4, -0.2) is 24.9 Å². The molecule has 1 amide bonds. The molecule has 0 aliphatic carbocycles. The second kappa shape index (κ2) is 7.19. The molecular weight excluding hydrogens is 399 g/mol. The molecule has 0 saturated carbocycles. The van der Waals surface area contributed by atoms with Crippen molar-refractivity contribution in [2.45, 2.75) is 44.1 Å². The average Bonchev–Trinajstić information content (AvgIpc) is 3.01. The zero-order valence-electron chi connectivity index (χ0n) is 16.6. The van der Waals surface area contributed by atoms with Crippen LogP contribution in [0.5, 0.6) is 11.5 Å². The van der Waals surface area contributed by atoms with Crippen molar-refractivity contribution in [3.05, 3.63) is 53.6 Å². The van der Waals surface area contributed by atoms with Gasteiger partial charge in [-0.05, 0) is 36.6 Å². The summed E-state index contributed by atoms with van der Waals surface area (Å²) in [6.45, 7) is 4.13. The SMILES string of the molecule is CC1(C)Oc2ccc(NC(=O)C3(c4cccc(C(F)(F)F)c4)CCOCC3)cc2O1. The van der Waals surface area contributed by atoms with Crippen LogP contribution in [0.2, 0.25) is 0 Å². The van der Waals surface area contributed by atoms with Crippen LogP contribution in [0.4, 0.5) is 18.9 Å². The predicted octanol–water partition coefficient (Wildman–Crippen LogP) is 4.90. The van der Waals surface area contributed by atoms with E-state index in [1.807, 2.05) is 0 Å². The number of fused-ring (bicyclic) bond motifs is 1. The van der Waals surface area contributed by atoms with Gasteiger partial charge in [-0.1, -0.05) is 18.2 Å². The summed E-state index contributed by atoms with van der Waals surface area (Å²) in [4.78, 5) is 13.4. The predicted molar refractivity (Wildman–Crippen MR) is 104 cm³/mol. The van der Waals surface area contributed by atoms with E-state index < -0.39 is 22.9 Å². The summed E-state index contributed by atoms with van der Waals surface area (Å²) in [5.41, 5.74) is -1.07. The van der Waals surface area contributed by atoms with Gasteiger partial charge in [-0.2, -0.15) is 13.2 Å². The molecule has 2 heterocycles. The van der Waals surface area contributed by atoms with Crippen LogP contribution in [0.1, 0.15) is 37.8 Å². The lowest BCUT2D eigenvalue weighted by Crippen LogP contribution is -2.45. The molecule has 160 valence electrons. The zero-order chi connectivity index (χ0) is 21.6. The summed E-state index contributed by atoms with van der Waals surface area (Å²) >= 11 is 0. The molecule has 2 aromatic carbocycles. The molecule has 1 saturated heterocycles. The summed E-state index contributed by atoms with van der Waals surface area (Å²) in [6.07, 6.45) is -3.90. The van der Waals surface area contributed by atoms with Gasteiger partial charge in [0.05, 0.1) is 11.0 Å². The van der Waals surface area contributed by atoms with Gasteiger partial charge in [0, 0.05) is 38.8 Å². The van der Waals surface area contributed by atoms with E-state index in [4.69, 9.17) is 14.2 Å². The van der Waals surface area contributed by atoms with E-state index in [2.05, 4.69) is 5.32 Å². The molecule has 1 fully saturated rings. The molecule has 30 heavy (non-hydrogen) atoms. The highest BCUT2D eigenvalue weighted by molar-refractivity contribution is 5.99. The van der Waals surface area contributed by atoms with Crippen LogP contribution in [-0.2, 0) is 21.1 Å². The molecule has 0 aromatic heterocycles. The summed E-state index contributed by atoms with van der Waals surface area (Å²) in [6, 6.07) is 10.0. The highest BCUT2D eigenvalue weighted by Gasteiger charge is 2.43. The van der Waals surface area contributed by atoms with Gasteiger partial charge >= 0.3 is 6.18 Å². The normalized spacial score (nSPS) is 19.4. The van der Waals surface area contributed by atoms with Crippen molar-refractivity contribution in [2.75, 3.05) is 18.5 Å². The van der Waals surface area contributed by atoms with Crippen molar-refractivity contribution >= 4 is 11.6 Å². The van der Waals surface area contributed by atoms with Gasteiger partial charge < -0.3 is 19.5 Å². The lowest BCUT2D eigenvalue weighted by molar-refractivity contribution is -0.138. The Morgan fingerprint density at radius 2 is 1.70 bits per heavy atom. The van der Waals surface area contributed by atoms with Gasteiger partial charge in [-0.3, -0.25) is 4.79 Å². The Balaban J connectivity index is 1.65. The lowest BCUT2D eigenvalue weighted by atomic mass is 9.73. The van der Waals surface area contributed by atoms with Crippen molar-refractivity contribution in [1.82, 2.24) is 0 Å². The van der Waals surface area contributed by atoms with Gasteiger partial charge in [0.1, 0.15) is 0 Å². The fourth-order valence-electron chi connectivity index (χ4n) is 3.91. The van der Waals surface area contributed by atoms with Crippen LogP contribution in [0.25, 0.3) is 0 Å². The first kappa shape index (κ1) is 20.5. The Hall–Kier alpha value is -2.74. The minimum absolute atomic E-state index is 0.289. The first-order valence-corrected chi connectivity index (χ1v) is 9.68. The van der Waals surface area contributed by atoms with Crippen molar-refractivity contribution in [1.29, 1.82) is 0 Å². The second-order valence-corrected chi connectivity index (χ2v) is 7.99. The minimum Gasteiger partial charge on any atom is -0.449 e. The molecule has 0 atom stereocenters. The quantitative estimate of drug-likeness (QED) is 0.766. The number of anilines is 1. The zero-order valence-corrected chi connectivity index (χ0v) is 16.6. The van der Waals surface area contributed by atoms with Crippen molar-refractivity contribution in [2.24, 2.45) is 0 Å². The lowest BCUT2D eigenvalue weighted by Gasteiger charge is -2.36. The first-order chi connectivity index (χ1) is 14.1. The molecule has 4 rings (SSSR count). The van der Waals surface area contributed by atoms with Gasteiger partial charge in [0.2, 0.25) is 11.7 Å². The first-order valence-electron chi connectivity index (χ1n) is 9.68. The maximum atomic E-state index is 13.4. The molecule has 2 aliphatic heterocycles. The van der Waals surface area contributed by atoms with Crippen molar-refractivity contribution in [3.63, 3.8) is 0 Å². The van der Waals surface area contributed by atoms with E-state index >= 15 is 0 Å². The number of carbonyl (C=O) groups excluding carboxylic acids is 1. The summed E-state index contributed by atoms with van der Waals surface area (Å²) in [5.74, 6) is -0.108. The number of hydrogen-bond donors (Lipinski definition) is 1. The van der Waals surface area contributed by atoms with Crippen LogP contribution in [0.3, 0.4) is 0 Å². The molecule has 1 N–H and O–H groups in total. The number of halogens is 3. The highest BCUT2D eigenvalue weighted by atomic mass is 19.4. The molecule has 8 heteroatoms. The number of rotatable bonds is 3. The number of alkyl halides is 3. The summed E-state index contributed by atoms with van der Waals surface area (Å²) in [7, 11) is 0. The van der Waals surface area contributed by atoms with Gasteiger partial charge in [0.15, 0.2) is 11.5 Å². The third-order valence-corrected chi connectivity index (χ3v) is 5.44. The Labute approximate surface area is 172 Å². The van der Waals surface area contributed by atoms with Crippen LogP contribution in [0.15, 0.2) is 42.5 Å². The molecular formula is C22H22F3NO4. The third-order valence-electron chi connectivity index (χ3n) is 5.44. The number of nitrogens with one attached hydrogen (secondary N) is 1. The summed E-state index contributed by atoms with van der Waals surface area (Å²) < 4.78 is 56.5. The van der Waals surface area contributed by atoms with Crippen LogP contribution >= 0.6 is 0 Å². The fourth-order valence-corrected chi connectivity index (χ4v) is 3.91. The number of amides is 1. The van der Waals surface area contributed by atoms with Gasteiger partial charge in [-0.15, -0.1) is 0 Å². The smallest absolute Gasteiger partial charge is 0.416 e. The monoisotopic (exact) mass is 421 g/mol. The molecule has 0 radical (unpaired) electrons. The van der Waals surface area contributed by atoms with E-state index in [-0.39, 0.29) is 18.7 Å². The number of ether oxygens (including phenoxy) is 3. The molecule has 2 aliphatic rings. The fraction of sp³-hybridized carbons (Fsp3) is 0.409. The van der Waals surface area contributed by atoms with E-state index in [0.717, 1.165) is 12.1 Å². The Morgan fingerprint density at radius 1 is 1.00 bits per heavy atom. The largest absolute Gasteiger partial charge is 0.449 e. The minimum atomic E-state index is -4.48. The number of carbonyl (C=O) groups is 1. The Morgan fingerprint density at radius 3 is 2.40 bits per heavy atom. The molecule has 5 nitrogen and oxygen atoms in total. The van der Waals surface area contributed by atoms with E-state index in [1.54, 1.807) is 38.1 Å². The maximum Gasteiger partial charge on any atom is 0.416 e.